The minimum Gasteiger partial charge on any atom is -0.368 e. The van der Waals surface area contributed by atoms with Crippen LogP contribution in [0.2, 0.25) is 0 Å². The number of nitrogen functional groups attached to an aromatic ring is 1. The maximum atomic E-state index is 5.81. The van der Waals surface area contributed by atoms with E-state index in [2.05, 4.69) is 36.9 Å². The van der Waals surface area contributed by atoms with Crippen LogP contribution >= 0.6 is 0 Å². The van der Waals surface area contributed by atoms with Crippen LogP contribution in [-0.4, -0.2) is 42.8 Å². The average molecular weight is 288 g/mol. The molecule has 1 saturated heterocycles. The minimum atomic E-state index is 0.210. The number of rotatable bonds is 3. The molecule has 1 atom stereocenters. The van der Waals surface area contributed by atoms with E-state index in [1.54, 1.807) is 6.33 Å². The van der Waals surface area contributed by atoms with Crippen molar-refractivity contribution in [3.63, 3.8) is 0 Å². The van der Waals surface area contributed by atoms with Crippen molar-refractivity contribution in [3.8, 4) is 5.95 Å². The van der Waals surface area contributed by atoms with Crippen LogP contribution in [0.1, 0.15) is 32.6 Å². The molecule has 8 heteroatoms. The summed E-state index contributed by atoms with van der Waals surface area (Å²) in [6.45, 7) is 4.17. The van der Waals surface area contributed by atoms with Crippen LogP contribution in [0.4, 0.5) is 11.9 Å². The van der Waals surface area contributed by atoms with E-state index >= 15 is 0 Å². The van der Waals surface area contributed by atoms with Gasteiger partial charge in [-0.3, -0.25) is 0 Å². The highest BCUT2D eigenvalue weighted by Crippen LogP contribution is 2.23. The molecule has 1 aliphatic heterocycles. The lowest BCUT2D eigenvalue weighted by Crippen LogP contribution is -2.27. The first-order valence-corrected chi connectivity index (χ1v) is 7.37. The summed E-state index contributed by atoms with van der Waals surface area (Å²) in [6.07, 6.45) is 7.82. The lowest BCUT2D eigenvalue weighted by atomic mass is 9.98. The number of nitrogens with two attached hydrogens (primary N) is 1. The summed E-state index contributed by atoms with van der Waals surface area (Å²) in [7, 11) is 0. The molecule has 0 aliphatic carbocycles. The van der Waals surface area contributed by atoms with Crippen LogP contribution in [-0.2, 0) is 0 Å². The fourth-order valence-electron chi connectivity index (χ4n) is 2.70. The first-order chi connectivity index (χ1) is 10.3. The lowest BCUT2D eigenvalue weighted by molar-refractivity contribution is 0.459. The Balaban J connectivity index is 1.85. The van der Waals surface area contributed by atoms with E-state index in [0.717, 1.165) is 25.4 Å². The molecule has 8 nitrogen and oxygen atoms in total. The van der Waals surface area contributed by atoms with E-state index in [-0.39, 0.29) is 5.95 Å². The summed E-state index contributed by atoms with van der Waals surface area (Å²) >= 11 is 0. The number of anilines is 2. The predicted molar refractivity (Wildman–Crippen MR) is 79.0 cm³/mol. The monoisotopic (exact) mass is 288 g/mol. The molecular formula is C13H20N8. The van der Waals surface area contributed by atoms with Gasteiger partial charge in [-0.05, 0) is 25.2 Å². The van der Waals surface area contributed by atoms with Gasteiger partial charge in [0.15, 0.2) is 0 Å². The number of hydrogen-bond acceptors (Lipinski definition) is 7. The molecule has 2 aromatic heterocycles. The number of aromatic nitrogens is 6. The van der Waals surface area contributed by atoms with E-state index in [9.17, 15) is 0 Å². The van der Waals surface area contributed by atoms with E-state index in [4.69, 9.17) is 5.73 Å². The fraction of sp³-hybridized carbons (Fsp3) is 0.615. The highest BCUT2D eigenvalue weighted by Gasteiger charge is 2.19. The van der Waals surface area contributed by atoms with E-state index in [1.807, 2.05) is 0 Å². The summed E-state index contributed by atoms with van der Waals surface area (Å²) in [6, 6.07) is 0. The highest BCUT2D eigenvalue weighted by molar-refractivity contribution is 5.37. The third-order valence-electron chi connectivity index (χ3n) is 3.96. The van der Waals surface area contributed by atoms with Gasteiger partial charge in [-0.25, -0.2) is 4.98 Å². The quantitative estimate of drug-likeness (QED) is 0.901. The van der Waals surface area contributed by atoms with E-state index in [1.165, 1.54) is 30.3 Å². The van der Waals surface area contributed by atoms with Gasteiger partial charge in [0.1, 0.15) is 12.7 Å². The van der Waals surface area contributed by atoms with Gasteiger partial charge in [-0.15, -0.1) is 0 Å². The standard InChI is InChI=1S/C13H20N8/c1-2-10-4-3-6-20(7-5-10)12-17-11(14)18-13(19-12)21-9-15-8-16-21/h8-10H,2-7H2,1H3,(H2,14,17,18,19). The van der Waals surface area contributed by atoms with Crippen molar-refractivity contribution in [1.82, 2.24) is 29.7 Å². The number of nitrogens with zero attached hydrogens (tertiary/aromatic N) is 7. The van der Waals surface area contributed by atoms with E-state index in [0.29, 0.717) is 11.9 Å². The van der Waals surface area contributed by atoms with Crippen LogP contribution < -0.4 is 10.6 Å². The summed E-state index contributed by atoms with van der Waals surface area (Å²) in [5.74, 6) is 2.04. The molecule has 3 rings (SSSR count). The van der Waals surface area contributed by atoms with Gasteiger partial charge in [0.25, 0.3) is 5.95 Å². The van der Waals surface area contributed by atoms with Gasteiger partial charge in [-0.1, -0.05) is 13.3 Å². The van der Waals surface area contributed by atoms with Gasteiger partial charge in [-0.2, -0.15) is 24.7 Å². The largest absolute Gasteiger partial charge is 0.368 e. The molecule has 1 fully saturated rings. The maximum Gasteiger partial charge on any atom is 0.258 e. The molecule has 2 N–H and O–H groups in total. The SMILES string of the molecule is CCC1CCCN(c2nc(N)nc(-n3cncn3)n2)CC1. The Kier molecular flexibility index (Phi) is 3.94. The van der Waals surface area contributed by atoms with Crippen molar-refractivity contribution in [2.45, 2.75) is 32.6 Å². The Labute approximate surface area is 123 Å². The van der Waals surface area contributed by atoms with Crippen LogP contribution in [0.25, 0.3) is 5.95 Å². The molecule has 112 valence electrons. The molecule has 1 aliphatic rings. The zero-order valence-electron chi connectivity index (χ0n) is 12.2. The average Bonchev–Trinajstić information content (AvgIpc) is 2.91. The second-order valence-corrected chi connectivity index (χ2v) is 5.33. The molecule has 0 radical (unpaired) electrons. The Morgan fingerprint density at radius 2 is 2.05 bits per heavy atom. The smallest absolute Gasteiger partial charge is 0.258 e. The second kappa shape index (κ2) is 6.02. The molecule has 0 aromatic carbocycles. The van der Waals surface area contributed by atoms with Crippen molar-refractivity contribution in [1.29, 1.82) is 0 Å². The Morgan fingerprint density at radius 1 is 1.19 bits per heavy atom. The third kappa shape index (κ3) is 3.09. The van der Waals surface area contributed by atoms with Gasteiger partial charge < -0.3 is 10.6 Å². The van der Waals surface area contributed by atoms with Crippen LogP contribution in [0.3, 0.4) is 0 Å². The Hall–Kier alpha value is -2.25. The first kappa shape index (κ1) is 13.7. The third-order valence-corrected chi connectivity index (χ3v) is 3.96. The van der Waals surface area contributed by atoms with E-state index < -0.39 is 0 Å². The molecular weight excluding hydrogens is 268 g/mol. The number of hydrogen-bond donors (Lipinski definition) is 1. The van der Waals surface area contributed by atoms with Crippen molar-refractivity contribution in [3.05, 3.63) is 12.7 Å². The summed E-state index contributed by atoms with van der Waals surface area (Å²) in [5.41, 5.74) is 5.81. The Bertz CT molecular complexity index is 582. The van der Waals surface area contributed by atoms with Crippen molar-refractivity contribution in [2.24, 2.45) is 5.92 Å². The molecule has 0 amide bonds. The summed E-state index contributed by atoms with van der Waals surface area (Å²) < 4.78 is 1.49. The fourth-order valence-corrected chi connectivity index (χ4v) is 2.70. The van der Waals surface area contributed by atoms with Crippen LogP contribution in [0.5, 0.6) is 0 Å². The molecule has 0 saturated carbocycles. The summed E-state index contributed by atoms with van der Waals surface area (Å²) in [4.78, 5) is 19.0. The normalized spacial score (nSPS) is 19.5. The molecule has 0 bridgehead atoms. The van der Waals surface area contributed by atoms with Crippen molar-refractivity contribution < 1.29 is 0 Å². The summed E-state index contributed by atoms with van der Waals surface area (Å²) in [5, 5.41) is 4.04. The first-order valence-electron chi connectivity index (χ1n) is 7.37. The topological polar surface area (TPSA) is 98.6 Å². The zero-order valence-corrected chi connectivity index (χ0v) is 12.2. The van der Waals surface area contributed by atoms with Crippen LogP contribution in [0, 0.1) is 5.92 Å². The zero-order chi connectivity index (χ0) is 14.7. The lowest BCUT2D eigenvalue weighted by Gasteiger charge is -2.20. The van der Waals surface area contributed by atoms with Crippen LogP contribution in [0.15, 0.2) is 12.7 Å². The van der Waals surface area contributed by atoms with Gasteiger partial charge >= 0.3 is 0 Å². The van der Waals surface area contributed by atoms with Crippen molar-refractivity contribution >= 4 is 11.9 Å². The molecule has 3 heterocycles. The minimum absolute atomic E-state index is 0.210. The molecule has 2 aromatic rings. The Morgan fingerprint density at radius 3 is 2.81 bits per heavy atom. The highest BCUT2D eigenvalue weighted by atomic mass is 15.4. The van der Waals surface area contributed by atoms with Crippen molar-refractivity contribution in [2.75, 3.05) is 23.7 Å². The predicted octanol–water partition coefficient (Wildman–Crippen LogP) is 1.05. The van der Waals surface area contributed by atoms with Gasteiger partial charge in [0, 0.05) is 13.1 Å². The second-order valence-electron chi connectivity index (χ2n) is 5.33. The molecule has 1 unspecified atom stereocenters. The maximum absolute atomic E-state index is 5.81. The van der Waals surface area contributed by atoms with Gasteiger partial charge in [0.2, 0.25) is 11.9 Å². The van der Waals surface area contributed by atoms with Gasteiger partial charge in [0.05, 0.1) is 0 Å². The molecule has 0 spiro atoms. The molecule has 21 heavy (non-hydrogen) atoms.